The van der Waals surface area contributed by atoms with Crippen LogP contribution in [-0.2, 0) is 4.79 Å². The van der Waals surface area contributed by atoms with E-state index in [4.69, 9.17) is 0 Å². The van der Waals surface area contributed by atoms with Crippen LogP contribution < -0.4 is 9.64 Å². The van der Waals surface area contributed by atoms with Crippen molar-refractivity contribution >= 4 is 11.5 Å². The van der Waals surface area contributed by atoms with E-state index in [-0.39, 0.29) is 11.5 Å². The quantitative estimate of drug-likeness (QED) is 0.844. The molecule has 2 rings (SSSR count). The number of ketones is 1. The number of anilines is 1. The Morgan fingerprint density at radius 1 is 1.26 bits per heavy atom. The summed E-state index contributed by atoms with van der Waals surface area (Å²) in [6.45, 7) is -0.751. The highest BCUT2D eigenvalue weighted by atomic mass is 19.3. The topological polar surface area (TPSA) is 29.5 Å². The van der Waals surface area contributed by atoms with Gasteiger partial charge in [0.15, 0.2) is 6.67 Å². The van der Waals surface area contributed by atoms with Crippen LogP contribution in [-0.4, -0.2) is 31.7 Å². The number of hydrogen-bond donors (Lipinski definition) is 0. The molecule has 0 aromatic heterocycles. The lowest BCUT2D eigenvalue weighted by atomic mass is 10.1. The fraction of sp³-hybridized carbons (Fsp3) is 0.462. The maximum Gasteiger partial charge on any atom is 0.427 e. The van der Waals surface area contributed by atoms with Gasteiger partial charge in [0.25, 0.3) is 0 Å². The van der Waals surface area contributed by atoms with Crippen LogP contribution in [0.5, 0.6) is 5.75 Å². The maximum absolute atomic E-state index is 12.8. The second-order valence-corrected chi connectivity index (χ2v) is 4.40. The number of carbonyl (C=O) groups excluding carboxylic acids is 1. The van der Waals surface area contributed by atoms with Crippen molar-refractivity contribution in [3.05, 3.63) is 24.3 Å². The van der Waals surface area contributed by atoms with E-state index in [0.29, 0.717) is 31.6 Å². The number of piperidine rings is 1. The molecule has 3 nitrogen and oxygen atoms in total. The number of halogens is 3. The number of rotatable bonds is 4. The summed E-state index contributed by atoms with van der Waals surface area (Å²) in [5.41, 5.74) is 0.694. The van der Waals surface area contributed by atoms with Crippen LogP contribution in [0.2, 0.25) is 0 Å². The molecule has 0 unspecified atom stereocenters. The monoisotopic (exact) mass is 273 g/mol. The molecule has 0 N–H and O–H groups in total. The number of hydrogen-bond acceptors (Lipinski definition) is 3. The van der Waals surface area contributed by atoms with Gasteiger partial charge >= 0.3 is 6.11 Å². The van der Waals surface area contributed by atoms with Crippen molar-refractivity contribution < 1.29 is 22.7 Å². The predicted molar refractivity (Wildman–Crippen MR) is 64.4 cm³/mol. The number of alkyl halides is 3. The average molecular weight is 273 g/mol. The Labute approximate surface area is 109 Å². The summed E-state index contributed by atoms with van der Waals surface area (Å²) in [7, 11) is 0. The molecule has 0 radical (unpaired) electrons. The Hall–Kier alpha value is -1.72. The van der Waals surface area contributed by atoms with E-state index in [9.17, 15) is 18.0 Å². The zero-order valence-electron chi connectivity index (χ0n) is 10.2. The van der Waals surface area contributed by atoms with Gasteiger partial charge in [-0.3, -0.25) is 4.79 Å². The first kappa shape index (κ1) is 13.7. The van der Waals surface area contributed by atoms with Gasteiger partial charge in [0.2, 0.25) is 0 Å². The standard InChI is InChI=1S/C13H14F3NO2/c14-9-13(15,16)19-12-3-1-2-10(8-12)17-6-4-11(18)5-7-17/h1-3,8H,4-7,9H2. The summed E-state index contributed by atoms with van der Waals surface area (Å²) >= 11 is 0. The van der Waals surface area contributed by atoms with Crippen molar-refractivity contribution in [2.24, 2.45) is 0 Å². The van der Waals surface area contributed by atoms with Crippen LogP contribution in [0.4, 0.5) is 18.9 Å². The Bertz CT molecular complexity index is 455. The van der Waals surface area contributed by atoms with Gasteiger partial charge in [-0.15, -0.1) is 0 Å². The van der Waals surface area contributed by atoms with E-state index in [1.54, 1.807) is 12.1 Å². The molecule has 1 aromatic carbocycles. The van der Waals surface area contributed by atoms with Crippen molar-refractivity contribution in [2.45, 2.75) is 19.0 Å². The molecule has 0 atom stereocenters. The fourth-order valence-electron chi connectivity index (χ4n) is 1.96. The van der Waals surface area contributed by atoms with Crippen molar-refractivity contribution in [1.29, 1.82) is 0 Å². The van der Waals surface area contributed by atoms with Crippen LogP contribution in [0.15, 0.2) is 24.3 Å². The summed E-state index contributed by atoms with van der Waals surface area (Å²) < 4.78 is 42.0. The van der Waals surface area contributed by atoms with E-state index < -0.39 is 12.8 Å². The molecule has 1 aliphatic heterocycles. The first-order valence-electron chi connectivity index (χ1n) is 6.00. The van der Waals surface area contributed by atoms with E-state index in [0.717, 1.165) is 0 Å². The molecule has 6 heteroatoms. The highest BCUT2D eigenvalue weighted by Crippen LogP contribution is 2.27. The molecule has 1 aromatic rings. The lowest BCUT2D eigenvalue weighted by Crippen LogP contribution is -2.33. The zero-order chi connectivity index (χ0) is 13.9. The Balaban J connectivity index is 2.09. The molecular formula is C13H14F3NO2. The minimum atomic E-state index is -3.81. The second kappa shape index (κ2) is 5.50. The Morgan fingerprint density at radius 3 is 2.58 bits per heavy atom. The number of benzene rings is 1. The van der Waals surface area contributed by atoms with Crippen LogP contribution >= 0.6 is 0 Å². The van der Waals surface area contributed by atoms with Gasteiger partial charge in [0, 0.05) is 37.7 Å². The minimum absolute atomic E-state index is 0.0861. The smallest absolute Gasteiger partial charge is 0.427 e. The summed E-state index contributed by atoms with van der Waals surface area (Å²) in [5, 5.41) is 0. The molecule has 104 valence electrons. The van der Waals surface area contributed by atoms with E-state index >= 15 is 0 Å². The summed E-state index contributed by atoms with van der Waals surface area (Å²) in [5.74, 6) is 0.115. The largest absolute Gasteiger partial charge is 0.431 e. The van der Waals surface area contributed by atoms with Crippen molar-refractivity contribution in [1.82, 2.24) is 0 Å². The molecule has 0 aliphatic carbocycles. The van der Waals surface area contributed by atoms with Crippen LogP contribution in [0, 0.1) is 0 Å². The summed E-state index contributed by atoms with van der Waals surface area (Å²) in [6, 6.07) is 6.09. The summed E-state index contributed by atoms with van der Waals surface area (Å²) in [6.07, 6.45) is -2.91. The van der Waals surface area contributed by atoms with Crippen LogP contribution in [0.1, 0.15) is 12.8 Å². The van der Waals surface area contributed by atoms with Gasteiger partial charge in [-0.25, -0.2) is 4.39 Å². The average Bonchev–Trinajstić information content (AvgIpc) is 2.39. The molecule has 0 saturated carbocycles. The van der Waals surface area contributed by atoms with Crippen molar-refractivity contribution in [3.8, 4) is 5.75 Å². The van der Waals surface area contributed by atoms with E-state index in [2.05, 4.69) is 4.74 Å². The Morgan fingerprint density at radius 2 is 1.95 bits per heavy atom. The molecule has 1 fully saturated rings. The lowest BCUT2D eigenvalue weighted by molar-refractivity contribution is -0.186. The van der Waals surface area contributed by atoms with Gasteiger partial charge in [-0.1, -0.05) is 6.07 Å². The van der Waals surface area contributed by atoms with Crippen molar-refractivity contribution in [3.63, 3.8) is 0 Å². The minimum Gasteiger partial charge on any atom is -0.431 e. The number of nitrogens with zero attached hydrogens (tertiary/aromatic N) is 1. The third-order valence-corrected chi connectivity index (χ3v) is 2.93. The molecule has 1 saturated heterocycles. The number of carbonyl (C=O) groups is 1. The highest BCUT2D eigenvalue weighted by molar-refractivity contribution is 5.81. The first-order chi connectivity index (χ1) is 9.00. The van der Waals surface area contributed by atoms with E-state index in [1.165, 1.54) is 12.1 Å². The molecule has 19 heavy (non-hydrogen) atoms. The molecule has 0 amide bonds. The Kier molecular flexibility index (Phi) is 3.97. The number of ether oxygens (including phenoxy) is 1. The molecule has 1 heterocycles. The van der Waals surface area contributed by atoms with Gasteiger partial charge in [0.1, 0.15) is 11.5 Å². The summed E-state index contributed by atoms with van der Waals surface area (Å²) in [4.78, 5) is 13.1. The van der Waals surface area contributed by atoms with E-state index in [1.807, 2.05) is 4.90 Å². The van der Waals surface area contributed by atoms with Crippen molar-refractivity contribution in [2.75, 3.05) is 24.7 Å². The van der Waals surface area contributed by atoms with Gasteiger partial charge in [-0.2, -0.15) is 8.78 Å². The normalized spacial score (nSPS) is 16.6. The third-order valence-electron chi connectivity index (χ3n) is 2.93. The first-order valence-corrected chi connectivity index (χ1v) is 6.00. The SMILES string of the molecule is O=C1CCN(c2cccc(OC(F)(F)CF)c2)CC1. The molecule has 0 bridgehead atoms. The lowest BCUT2D eigenvalue weighted by Gasteiger charge is -2.28. The molecule has 1 aliphatic rings. The van der Waals surface area contributed by atoms with Crippen LogP contribution in [0.3, 0.4) is 0 Å². The third kappa shape index (κ3) is 3.62. The van der Waals surface area contributed by atoms with Gasteiger partial charge < -0.3 is 9.64 Å². The molecular weight excluding hydrogens is 259 g/mol. The number of Topliss-reactive ketones (excluding diaryl/α,β-unsaturated/α-hetero) is 1. The van der Waals surface area contributed by atoms with Gasteiger partial charge in [0.05, 0.1) is 0 Å². The fourth-order valence-corrected chi connectivity index (χ4v) is 1.96. The maximum atomic E-state index is 12.8. The molecule has 0 spiro atoms. The predicted octanol–water partition coefficient (Wildman–Crippen LogP) is 2.80. The highest BCUT2D eigenvalue weighted by Gasteiger charge is 2.31. The second-order valence-electron chi connectivity index (χ2n) is 4.40. The zero-order valence-corrected chi connectivity index (χ0v) is 10.2. The van der Waals surface area contributed by atoms with Gasteiger partial charge in [-0.05, 0) is 12.1 Å². The van der Waals surface area contributed by atoms with Crippen LogP contribution in [0.25, 0.3) is 0 Å².